The van der Waals surface area contributed by atoms with Crippen molar-refractivity contribution in [2.24, 2.45) is 4.99 Å². The Labute approximate surface area is 190 Å². The van der Waals surface area contributed by atoms with E-state index in [1.54, 1.807) is 7.11 Å². The molecule has 0 unspecified atom stereocenters. The molecule has 8 nitrogen and oxygen atoms in total. The largest absolute Gasteiger partial charge is 0.493 e. The summed E-state index contributed by atoms with van der Waals surface area (Å²) in [5.41, 5.74) is 2.15. The third-order valence-corrected chi connectivity index (χ3v) is 5.38. The molecule has 0 radical (unpaired) electrons. The van der Waals surface area contributed by atoms with Crippen LogP contribution in [-0.2, 0) is 13.1 Å². The lowest BCUT2D eigenvalue weighted by Crippen LogP contribution is -2.48. The molecule has 0 atom stereocenters. The van der Waals surface area contributed by atoms with E-state index in [2.05, 4.69) is 33.5 Å². The molecule has 3 rings (SSSR count). The number of aliphatic hydroxyl groups is 1. The normalized spacial score (nSPS) is 15.4. The molecule has 0 aliphatic carbocycles. The first-order valence-corrected chi connectivity index (χ1v) is 11.3. The van der Waals surface area contributed by atoms with E-state index in [-0.39, 0.29) is 13.2 Å². The molecule has 8 heteroatoms. The van der Waals surface area contributed by atoms with Crippen LogP contribution in [0.2, 0.25) is 0 Å². The first-order valence-electron chi connectivity index (χ1n) is 11.3. The summed E-state index contributed by atoms with van der Waals surface area (Å²) in [5, 5.41) is 15.9. The lowest BCUT2D eigenvalue weighted by molar-refractivity contribution is 0.196. The van der Waals surface area contributed by atoms with Gasteiger partial charge in [-0.05, 0) is 49.6 Å². The van der Waals surface area contributed by atoms with Crippen LogP contribution in [0.15, 0.2) is 47.6 Å². The predicted octanol–water partition coefficient (Wildman–Crippen LogP) is 2.18. The van der Waals surface area contributed by atoms with Crippen molar-refractivity contribution in [2.45, 2.75) is 38.9 Å². The molecule has 1 aromatic carbocycles. The van der Waals surface area contributed by atoms with E-state index in [1.807, 2.05) is 36.5 Å². The first kappa shape index (κ1) is 23.8. The minimum absolute atomic E-state index is 0.0328. The van der Waals surface area contributed by atoms with Crippen molar-refractivity contribution < 1.29 is 14.6 Å². The zero-order valence-electron chi connectivity index (χ0n) is 19.1. The summed E-state index contributed by atoms with van der Waals surface area (Å²) in [7, 11) is 1.61. The second kappa shape index (κ2) is 12.9. The number of guanidine groups is 1. The molecule has 0 spiro atoms. The van der Waals surface area contributed by atoms with Crippen LogP contribution in [0.3, 0.4) is 0 Å². The second-order valence-electron chi connectivity index (χ2n) is 7.77. The summed E-state index contributed by atoms with van der Waals surface area (Å²) in [6.45, 7) is 6.61. The SMILES string of the molecule is CCNC(=NCc1ccc(OCCO)c(OC)c1)NC1CCN(Cc2ccccn2)CC1. The standard InChI is InChI=1S/C24H35N5O3/c1-3-25-24(27-17-19-7-8-22(32-15-14-30)23(16-19)31-2)28-20-9-12-29(13-10-20)18-21-6-4-5-11-26-21/h4-8,11,16,20,30H,3,9-10,12-15,17-18H2,1-2H3,(H2,25,27,28). The van der Waals surface area contributed by atoms with Crippen molar-refractivity contribution in [3.05, 3.63) is 53.9 Å². The van der Waals surface area contributed by atoms with Gasteiger partial charge in [0.15, 0.2) is 17.5 Å². The molecule has 2 heterocycles. The summed E-state index contributed by atoms with van der Waals surface area (Å²) < 4.78 is 10.9. The Morgan fingerprint density at radius 1 is 1.22 bits per heavy atom. The number of benzene rings is 1. The molecule has 1 aliphatic heterocycles. The third-order valence-electron chi connectivity index (χ3n) is 5.38. The quantitative estimate of drug-likeness (QED) is 0.385. The number of hydrogen-bond acceptors (Lipinski definition) is 6. The van der Waals surface area contributed by atoms with Gasteiger partial charge in [-0.1, -0.05) is 12.1 Å². The van der Waals surface area contributed by atoms with E-state index in [1.165, 1.54) is 0 Å². The number of likely N-dealkylation sites (tertiary alicyclic amines) is 1. The topological polar surface area (TPSA) is 91.2 Å². The van der Waals surface area contributed by atoms with E-state index in [0.29, 0.717) is 24.1 Å². The van der Waals surface area contributed by atoms with Gasteiger partial charge >= 0.3 is 0 Å². The summed E-state index contributed by atoms with van der Waals surface area (Å²) in [6.07, 6.45) is 4.00. The molecule has 1 aromatic heterocycles. The molecular weight excluding hydrogens is 406 g/mol. The molecule has 0 amide bonds. The van der Waals surface area contributed by atoms with Crippen molar-refractivity contribution in [2.75, 3.05) is 40.0 Å². The van der Waals surface area contributed by atoms with Crippen LogP contribution >= 0.6 is 0 Å². The van der Waals surface area contributed by atoms with Gasteiger partial charge in [-0.3, -0.25) is 9.88 Å². The fourth-order valence-electron chi connectivity index (χ4n) is 3.73. The highest BCUT2D eigenvalue weighted by Gasteiger charge is 2.20. The zero-order valence-corrected chi connectivity index (χ0v) is 19.1. The van der Waals surface area contributed by atoms with Gasteiger partial charge in [0.2, 0.25) is 0 Å². The highest BCUT2D eigenvalue weighted by Crippen LogP contribution is 2.28. The van der Waals surface area contributed by atoms with Crippen LogP contribution in [0, 0.1) is 0 Å². The van der Waals surface area contributed by atoms with Gasteiger partial charge in [0.25, 0.3) is 0 Å². The Balaban J connectivity index is 1.53. The Kier molecular flexibility index (Phi) is 9.59. The Hall–Kier alpha value is -2.84. The van der Waals surface area contributed by atoms with Gasteiger partial charge in [-0.15, -0.1) is 0 Å². The van der Waals surface area contributed by atoms with Crippen LogP contribution < -0.4 is 20.1 Å². The number of rotatable bonds is 10. The Morgan fingerprint density at radius 3 is 2.75 bits per heavy atom. The number of nitrogens with zero attached hydrogens (tertiary/aromatic N) is 3. The highest BCUT2D eigenvalue weighted by molar-refractivity contribution is 5.80. The number of aromatic nitrogens is 1. The lowest BCUT2D eigenvalue weighted by Gasteiger charge is -2.32. The number of aliphatic imine (C=N–C) groups is 1. The van der Waals surface area contributed by atoms with Crippen molar-refractivity contribution in [3.63, 3.8) is 0 Å². The average molecular weight is 442 g/mol. The number of hydrogen-bond donors (Lipinski definition) is 3. The maximum atomic E-state index is 8.95. The Bertz CT molecular complexity index is 839. The monoisotopic (exact) mass is 441 g/mol. The van der Waals surface area contributed by atoms with Gasteiger partial charge in [-0.25, -0.2) is 4.99 Å². The number of nitrogens with one attached hydrogen (secondary N) is 2. The third kappa shape index (κ3) is 7.39. The van der Waals surface area contributed by atoms with Crippen LogP contribution in [-0.4, -0.2) is 66.9 Å². The molecule has 0 saturated carbocycles. The van der Waals surface area contributed by atoms with Crippen molar-refractivity contribution in [3.8, 4) is 11.5 Å². The van der Waals surface area contributed by atoms with Crippen molar-refractivity contribution >= 4 is 5.96 Å². The van der Waals surface area contributed by atoms with E-state index < -0.39 is 0 Å². The van der Waals surface area contributed by atoms with Crippen molar-refractivity contribution in [1.29, 1.82) is 0 Å². The van der Waals surface area contributed by atoms with E-state index in [0.717, 1.165) is 56.2 Å². The predicted molar refractivity (Wildman–Crippen MR) is 126 cm³/mol. The average Bonchev–Trinajstić information content (AvgIpc) is 2.83. The molecule has 174 valence electrons. The van der Waals surface area contributed by atoms with Gasteiger partial charge in [0, 0.05) is 38.4 Å². The first-order chi connectivity index (χ1) is 15.7. The van der Waals surface area contributed by atoms with E-state index >= 15 is 0 Å². The Morgan fingerprint density at radius 2 is 2.06 bits per heavy atom. The highest BCUT2D eigenvalue weighted by atomic mass is 16.5. The summed E-state index contributed by atoms with van der Waals surface area (Å²) in [5.74, 6) is 2.09. The van der Waals surface area contributed by atoms with Gasteiger partial charge in [-0.2, -0.15) is 0 Å². The smallest absolute Gasteiger partial charge is 0.191 e. The molecule has 2 aromatic rings. The van der Waals surface area contributed by atoms with Crippen LogP contribution in [0.5, 0.6) is 11.5 Å². The molecule has 1 fully saturated rings. The maximum Gasteiger partial charge on any atom is 0.191 e. The number of piperidine rings is 1. The molecule has 1 aliphatic rings. The van der Waals surface area contributed by atoms with Crippen LogP contribution in [0.1, 0.15) is 31.0 Å². The summed E-state index contributed by atoms with van der Waals surface area (Å²) >= 11 is 0. The van der Waals surface area contributed by atoms with Gasteiger partial charge < -0.3 is 25.2 Å². The lowest BCUT2D eigenvalue weighted by atomic mass is 10.0. The number of pyridine rings is 1. The fraction of sp³-hybridized carbons (Fsp3) is 0.500. The molecule has 0 bridgehead atoms. The van der Waals surface area contributed by atoms with E-state index in [9.17, 15) is 0 Å². The maximum absolute atomic E-state index is 8.95. The summed E-state index contributed by atoms with van der Waals surface area (Å²) in [6, 6.07) is 12.2. The van der Waals surface area contributed by atoms with E-state index in [4.69, 9.17) is 19.6 Å². The van der Waals surface area contributed by atoms with Crippen molar-refractivity contribution in [1.82, 2.24) is 20.5 Å². The van der Waals surface area contributed by atoms with Gasteiger partial charge in [0.05, 0.1) is 26.0 Å². The minimum atomic E-state index is -0.0328. The fourth-order valence-corrected chi connectivity index (χ4v) is 3.73. The number of methoxy groups -OCH3 is 1. The number of aliphatic hydroxyl groups excluding tert-OH is 1. The molecular formula is C24H35N5O3. The van der Waals surface area contributed by atoms with Crippen LogP contribution in [0.25, 0.3) is 0 Å². The zero-order chi connectivity index (χ0) is 22.6. The minimum Gasteiger partial charge on any atom is -0.493 e. The van der Waals surface area contributed by atoms with Gasteiger partial charge in [0.1, 0.15) is 6.61 Å². The van der Waals surface area contributed by atoms with Crippen LogP contribution in [0.4, 0.5) is 0 Å². The summed E-state index contributed by atoms with van der Waals surface area (Å²) in [4.78, 5) is 11.7. The molecule has 32 heavy (non-hydrogen) atoms. The molecule has 1 saturated heterocycles. The molecule has 3 N–H and O–H groups in total. The number of ether oxygens (including phenoxy) is 2. The second-order valence-corrected chi connectivity index (χ2v) is 7.77.